The van der Waals surface area contributed by atoms with Gasteiger partial charge in [-0.15, -0.1) is 0 Å². The van der Waals surface area contributed by atoms with E-state index in [1.165, 1.54) is 6.07 Å². The molecule has 0 bridgehead atoms. The molecule has 0 atom stereocenters. The second kappa shape index (κ2) is 8.16. The number of H-pyrrole nitrogens is 1. The van der Waals surface area contributed by atoms with E-state index in [1.54, 1.807) is 17.8 Å². The van der Waals surface area contributed by atoms with Crippen LogP contribution in [0, 0.1) is 11.7 Å². The zero-order valence-corrected chi connectivity index (χ0v) is 15.8. The number of thioether (sulfide) groups is 1. The first-order valence-corrected chi connectivity index (χ1v) is 10.4. The van der Waals surface area contributed by atoms with Crippen LogP contribution in [0.3, 0.4) is 0 Å². The number of aromatic amines is 1. The molecule has 1 saturated heterocycles. The van der Waals surface area contributed by atoms with Crippen molar-refractivity contribution in [3.8, 4) is 5.75 Å². The molecule has 2 fully saturated rings. The lowest BCUT2D eigenvalue weighted by Gasteiger charge is -2.30. The molecule has 2 aromatic rings. The Morgan fingerprint density at radius 3 is 2.85 bits per heavy atom. The summed E-state index contributed by atoms with van der Waals surface area (Å²) in [5.74, 6) is 1.14. The van der Waals surface area contributed by atoms with E-state index in [-0.39, 0.29) is 17.4 Å². The quantitative estimate of drug-likeness (QED) is 0.784. The summed E-state index contributed by atoms with van der Waals surface area (Å²) < 4.78 is 25.4. The fourth-order valence-corrected chi connectivity index (χ4v) is 4.55. The van der Waals surface area contributed by atoms with Crippen LogP contribution in [0.2, 0.25) is 0 Å². The van der Waals surface area contributed by atoms with Crippen LogP contribution < -0.4 is 10.3 Å². The van der Waals surface area contributed by atoms with Crippen LogP contribution in [0.4, 0.5) is 4.39 Å². The maximum absolute atomic E-state index is 14.4. The summed E-state index contributed by atoms with van der Waals surface area (Å²) in [6.07, 6.45) is 3.15. The van der Waals surface area contributed by atoms with Gasteiger partial charge in [-0.1, -0.05) is 0 Å². The number of nitrogens with zero attached hydrogens (tertiary/aromatic N) is 1. The highest BCUT2D eigenvalue weighted by Crippen LogP contribution is 2.29. The molecule has 0 radical (unpaired) electrons. The number of aliphatic hydroxyl groups excluding tert-OH is 1. The van der Waals surface area contributed by atoms with E-state index >= 15 is 0 Å². The Hall–Kier alpha value is -1.64. The van der Waals surface area contributed by atoms with E-state index in [1.807, 2.05) is 0 Å². The molecule has 1 aliphatic carbocycles. The summed E-state index contributed by atoms with van der Waals surface area (Å²) in [5, 5.41) is 9.78. The fourth-order valence-electron chi connectivity index (χ4n) is 3.49. The number of ether oxygens (including phenoxy) is 2. The molecule has 27 heavy (non-hydrogen) atoms. The summed E-state index contributed by atoms with van der Waals surface area (Å²) in [5.41, 5.74) is -0.154. The van der Waals surface area contributed by atoms with E-state index < -0.39 is 11.4 Å². The van der Waals surface area contributed by atoms with E-state index in [4.69, 9.17) is 9.47 Å². The first kappa shape index (κ1) is 18.7. The van der Waals surface area contributed by atoms with Gasteiger partial charge in [0.1, 0.15) is 22.8 Å². The predicted molar refractivity (Wildman–Crippen MR) is 102 cm³/mol. The Balaban J connectivity index is 1.49. The number of hydrogen-bond acceptors (Lipinski definition) is 6. The molecule has 0 spiro atoms. The number of fused-ring (bicyclic) bond motifs is 1. The Kier molecular flexibility index (Phi) is 5.66. The van der Waals surface area contributed by atoms with Gasteiger partial charge in [-0.3, -0.25) is 4.79 Å². The first-order chi connectivity index (χ1) is 13.1. The van der Waals surface area contributed by atoms with Gasteiger partial charge in [0.2, 0.25) is 0 Å². The second-order valence-electron chi connectivity index (χ2n) is 7.24. The van der Waals surface area contributed by atoms with Crippen LogP contribution in [0.15, 0.2) is 16.9 Å². The summed E-state index contributed by atoms with van der Waals surface area (Å²) in [7, 11) is 0. The van der Waals surface area contributed by atoms with E-state index in [2.05, 4.69) is 9.97 Å². The van der Waals surface area contributed by atoms with Crippen molar-refractivity contribution in [3.05, 3.63) is 34.1 Å². The maximum Gasteiger partial charge on any atom is 0.261 e. The Morgan fingerprint density at radius 2 is 2.11 bits per heavy atom. The molecule has 2 N–H and O–H groups in total. The van der Waals surface area contributed by atoms with Crippen LogP contribution in [-0.2, 0) is 10.5 Å². The minimum absolute atomic E-state index is 0.0405. The molecule has 6 nitrogen and oxygen atoms in total. The topological polar surface area (TPSA) is 84.4 Å². The zero-order chi connectivity index (χ0) is 18.8. The monoisotopic (exact) mass is 394 g/mol. The van der Waals surface area contributed by atoms with Gasteiger partial charge in [-0.05, 0) is 31.6 Å². The van der Waals surface area contributed by atoms with E-state index in [0.717, 1.165) is 26.1 Å². The van der Waals surface area contributed by atoms with Crippen molar-refractivity contribution < 1.29 is 19.0 Å². The number of hydrogen-bond donors (Lipinski definition) is 2. The molecule has 4 rings (SSSR count). The molecule has 8 heteroatoms. The van der Waals surface area contributed by atoms with Crippen LogP contribution in [0.5, 0.6) is 5.75 Å². The van der Waals surface area contributed by atoms with Gasteiger partial charge in [0, 0.05) is 30.6 Å². The van der Waals surface area contributed by atoms with Gasteiger partial charge < -0.3 is 19.6 Å². The number of rotatable bonds is 6. The molecule has 1 aromatic carbocycles. The van der Waals surface area contributed by atoms with E-state index in [9.17, 15) is 14.3 Å². The van der Waals surface area contributed by atoms with Crippen molar-refractivity contribution in [2.75, 3.05) is 19.8 Å². The van der Waals surface area contributed by atoms with Gasteiger partial charge in [0.05, 0.1) is 24.0 Å². The van der Waals surface area contributed by atoms with Gasteiger partial charge >= 0.3 is 0 Å². The fraction of sp³-hybridized carbons (Fsp3) is 0.579. The number of halogens is 1. The second-order valence-corrected chi connectivity index (χ2v) is 8.53. The lowest BCUT2D eigenvalue weighted by atomic mass is 9.83. The molecule has 1 saturated carbocycles. The highest BCUT2D eigenvalue weighted by Gasteiger charge is 2.27. The molecule has 0 unspecified atom stereocenters. The SMILES string of the molecule is O=c1[nH]c(CSC2CCOCC2)nc2cc(OCC3CC(O)C3)cc(F)c12. The minimum atomic E-state index is -0.631. The lowest BCUT2D eigenvalue weighted by Crippen LogP contribution is -2.32. The number of nitrogens with one attached hydrogen (secondary N) is 1. The summed E-state index contributed by atoms with van der Waals surface area (Å²) in [4.78, 5) is 19.5. The number of aromatic nitrogens is 2. The lowest BCUT2D eigenvalue weighted by molar-refractivity contribution is 0.0203. The van der Waals surface area contributed by atoms with E-state index in [0.29, 0.717) is 47.5 Å². The standard InChI is InChI=1S/C19H23FN2O4S/c20-15-7-13(26-9-11-5-12(23)6-11)8-16-18(15)19(24)22-17(21-16)10-27-14-1-3-25-4-2-14/h7-8,11-12,14,23H,1-6,9-10H2,(H,21,22,24). The Bertz CT molecular complexity index is 863. The van der Waals surface area contributed by atoms with Crippen molar-refractivity contribution in [3.63, 3.8) is 0 Å². The summed E-state index contributed by atoms with van der Waals surface area (Å²) in [6, 6.07) is 2.84. The third kappa shape index (κ3) is 4.44. The third-order valence-electron chi connectivity index (χ3n) is 5.10. The normalized spacial score (nSPS) is 23.3. The maximum atomic E-state index is 14.4. The molecular weight excluding hydrogens is 371 g/mol. The van der Waals surface area contributed by atoms with Crippen molar-refractivity contribution in [1.29, 1.82) is 0 Å². The Morgan fingerprint density at radius 1 is 1.33 bits per heavy atom. The van der Waals surface area contributed by atoms with Crippen molar-refractivity contribution in [1.82, 2.24) is 9.97 Å². The van der Waals surface area contributed by atoms with Crippen LogP contribution in [0.1, 0.15) is 31.5 Å². The van der Waals surface area contributed by atoms with Gasteiger partial charge in [0.25, 0.3) is 5.56 Å². The van der Waals surface area contributed by atoms with Crippen LogP contribution in [-0.4, -0.2) is 46.2 Å². The molecule has 1 aromatic heterocycles. The zero-order valence-electron chi connectivity index (χ0n) is 14.9. The number of benzene rings is 1. The first-order valence-electron chi connectivity index (χ1n) is 9.31. The van der Waals surface area contributed by atoms with Crippen molar-refractivity contribution >= 4 is 22.7 Å². The van der Waals surface area contributed by atoms with Gasteiger partial charge in [0.15, 0.2) is 0 Å². The highest BCUT2D eigenvalue weighted by atomic mass is 32.2. The van der Waals surface area contributed by atoms with Gasteiger partial charge in [-0.2, -0.15) is 11.8 Å². The summed E-state index contributed by atoms with van der Waals surface area (Å²) >= 11 is 1.74. The van der Waals surface area contributed by atoms with Crippen LogP contribution in [0.25, 0.3) is 10.9 Å². The molecule has 2 aliphatic rings. The molecule has 2 heterocycles. The number of aliphatic hydroxyl groups is 1. The van der Waals surface area contributed by atoms with Crippen LogP contribution >= 0.6 is 11.8 Å². The smallest absolute Gasteiger partial charge is 0.261 e. The third-order valence-corrected chi connectivity index (χ3v) is 6.49. The largest absolute Gasteiger partial charge is 0.493 e. The predicted octanol–water partition coefficient (Wildman–Crippen LogP) is 2.62. The Labute approximate surface area is 160 Å². The van der Waals surface area contributed by atoms with Crippen molar-refractivity contribution in [2.45, 2.75) is 42.8 Å². The molecular formula is C19H23FN2O4S. The molecule has 146 valence electrons. The average molecular weight is 394 g/mol. The van der Waals surface area contributed by atoms with Crippen molar-refractivity contribution in [2.24, 2.45) is 5.92 Å². The highest BCUT2D eigenvalue weighted by molar-refractivity contribution is 7.99. The molecule has 1 aliphatic heterocycles. The minimum Gasteiger partial charge on any atom is -0.493 e. The molecule has 0 amide bonds. The van der Waals surface area contributed by atoms with Gasteiger partial charge in [-0.25, -0.2) is 9.37 Å². The summed E-state index contributed by atoms with van der Waals surface area (Å²) in [6.45, 7) is 1.96. The average Bonchev–Trinajstić information content (AvgIpc) is 2.63.